The Hall–Kier alpha value is -3.44. The normalized spacial score (nSPS) is 11.2. The molecule has 0 bridgehead atoms. The number of benzene rings is 1. The molecule has 0 unspecified atom stereocenters. The maximum atomic E-state index is 13.0. The number of amides is 2. The van der Waals surface area contributed by atoms with E-state index >= 15 is 0 Å². The van der Waals surface area contributed by atoms with Crippen LogP contribution in [0.25, 0.3) is 0 Å². The number of carbonyl (C=O) groups excluding carboxylic acids is 2. The molecule has 2 amide bonds. The SMILES string of the molecule is Cc1nn(CC(=O)N(C)CC(=O)Nc2ccccc2C(F)(F)F)c(C)c1[N+](=O)[O-]. The number of carbonyl (C=O) groups is 2. The second-order valence-electron chi connectivity index (χ2n) is 6.28. The molecule has 0 spiro atoms. The minimum atomic E-state index is -4.64. The van der Waals surface area contributed by atoms with Crippen LogP contribution in [0.2, 0.25) is 0 Å². The topological polar surface area (TPSA) is 110 Å². The molecule has 0 aliphatic carbocycles. The van der Waals surface area contributed by atoms with E-state index in [9.17, 15) is 32.9 Å². The summed E-state index contributed by atoms with van der Waals surface area (Å²) in [6.45, 7) is 2.00. The Morgan fingerprint density at radius 1 is 1.28 bits per heavy atom. The predicted octanol–water partition coefficient (Wildman–Crippen LogP) is 2.52. The average molecular weight is 413 g/mol. The lowest BCUT2D eigenvalue weighted by Gasteiger charge is -2.18. The molecule has 0 radical (unpaired) electrons. The summed E-state index contributed by atoms with van der Waals surface area (Å²) < 4.78 is 40.1. The van der Waals surface area contributed by atoms with Crippen molar-refractivity contribution in [3.8, 4) is 0 Å². The van der Waals surface area contributed by atoms with Crippen LogP contribution in [0.15, 0.2) is 24.3 Å². The molecule has 1 N–H and O–H groups in total. The van der Waals surface area contributed by atoms with Crippen LogP contribution >= 0.6 is 0 Å². The fourth-order valence-electron chi connectivity index (χ4n) is 2.69. The highest BCUT2D eigenvalue weighted by molar-refractivity contribution is 5.95. The molecule has 2 aromatic rings. The molecule has 0 saturated heterocycles. The average Bonchev–Trinajstić information content (AvgIpc) is 2.87. The molecule has 156 valence electrons. The zero-order valence-electron chi connectivity index (χ0n) is 15.8. The molecular formula is C17H18F3N5O4. The molecule has 2 rings (SSSR count). The standard InChI is InChI=1S/C17H18F3N5O4/c1-10-16(25(28)29)11(2)24(22-10)9-15(27)23(3)8-14(26)21-13-7-5-4-6-12(13)17(18,19)20/h4-7H,8-9H2,1-3H3,(H,21,26). The molecule has 1 aromatic carbocycles. The van der Waals surface area contributed by atoms with Crippen molar-refractivity contribution in [1.82, 2.24) is 14.7 Å². The van der Waals surface area contributed by atoms with Crippen molar-refractivity contribution in [1.29, 1.82) is 0 Å². The van der Waals surface area contributed by atoms with E-state index in [2.05, 4.69) is 10.4 Å². The van der Waals surface area contributed by atoms with Gasteiger partial charge in [0, 0.05) is 7.05 Å². The van der Waals surface area contributed by atoms with Gasteiger partial charge < -0.3 is 10.2 Å². The van der Waals surface area contributed by atoms with Gasteiger partial charge in [-0.25, -0.2) is 0 Å². The van der Waals surface area contributed by atoms with Crippen molar-refractivity contribution < 1.29 is 27.7 Å². The Bertz CT molecular complexity index is 955. The van der Waals surface area contributed by atoms with Gasteiger partial charge in [-0.2, -0.15) is 18.3 Å². The molecule has 0 atom stereocenters. The molecule has 0 fully saturated rings. The number of nitrogens with zero attached hydrogens (tertiary/aromatic N) is 4. The first-order valence-corrected chi connectivity index (χ1v) is 8.30. The first-order chi connectivity index (χ1) is 13.4. The smallest absolute Gasteiger partial charge is 0.335 e. The monoisotopic (exact) mass is 413 g/mol. The Balaban J connectivity index is 2.05. The number of hydrogen-bond donors (Lipinski definition) is 1. The molecule has 12 heteroatoms. The number of aromatic nitrogens is 2. The van der Waals surface area contributed by atoms with Gasteiger partial charge in [-0.15, -0.1) is 0 Å². The number of nitro groups is 1. The number of likely N-dealkylation sites (N-methyl/N-ethyl adjacent to an activating group) is 1. The summed E-state index contributed by atoms with van der Waals surface area (Å²) in [4.78, 5) is 35.8. The highest BCUT2D eigenvalue weighted by atomic mass is 19.4. The molecule has 9 nitrogen and oxygen atoms in total. The Labute approximate surface area is 163 Å². The summed E-state index contributed by atoms with van der Waals surface area (Å²) in [6.07, 6.45) is -4.64. The van der Waals surface area contributed by atoms with Crippen LogP contribution in [0.1, 0.15) is 17.0 Å². The van der Waals surface area contributed by atoms with E-state index in [1.165, 1.54) is 33.0 Å². The maximum absolute atomic E-state index is 13.0. The molecular weight excluding hydrogens is 395 g/mol. The summed E-state index contributed by atoms with van der Waals surface area (Å²) in [5, 5.41) is 17.1. The lowest BCUT2D eigenvalue weighted by atomic mass is 10.1. The van der Waals surface area contributed by atoms with E-state index in [1.807, 2.05) is 0 Å². The van der Waals surface area contributed by atoms with Gasteiger partial charge in [-0.3, -0.25) is 24.4 Å². The van der Waals surface area contributed by atoms with Gasteiger partial charge in [0.15, 0.2) is 0 Å². The third kappa shape index (κ3) is 5.09. The Morgan fingerprint density at radius 3 is 2.45 bits per heavy atom. The fourth-order valence-corrected chi connectivity index (χ4v) is 2.69. The van der Waals surface area contributed by atoms with Gasteiger partial charge in [-0.1, -0.05) is 12.1 Å². The Morgan fingerprint density at radius 2 is 1.90 bits per heavy atom. The van der Waals surface area contributed by atoms with E-state index in [4.69, 9.17) is 0 Å². The summed E-state index contributed by atoms with van der Waals surface area (Å²) >= 11 is 0. The largest absolute Gasteiger partial charge is 0.418 e. The number of alkyl halides is 3. The van der Waals surface area contributed by atoms with Gasteiger partial charge in [0.05, 0.1) is 22.7 Å². The number of halogens is 3. The number of nitrogens with one attached hydrogen (secondary N) is 1. The van der Waals surface area contributed by atoms with Gasteiger partial charge in [0.25, 0.3) is 0 Å². The van der Waals surface area contributed by atoms with Crippen molar-refractivity contribution in [2.45, 2.75) is 26.6 Å². The number of hydrogen-bond acceptors (Lipinski definition) is 5. The lowest BCUT2D eigenvalue weighted by Crippen LogP contribution is -2.37. The number of rotatable bonds is 6. The van der Waals surface area contributed by atoms with Crippen LogP contribution in [0.3, 0.4) is 0 Å². The predicted molar refractivity (Wildman–Crippen MR) is 96.1 cm³/mol. The number of aryl methyl sites for hydroxylation is 1. The van der Waals surface area contributed by atoms with E-state index in [0.717, 1.165) is 21.7 Å². The molecule has 0 aliphatic heterocycles. The van der Waals surface area contributed by atoms with Crippen LogP contribution in [0.5, 0.6) is 0 Å². The lowest BCUT2D eigenvalue weighted by molar-refractivity contribution is -0.386. The van der Waals surface area contributed by atoms with E-state index < -0.39 is 40.7 Å². The fraction of sp³-hybridized carbons (Fsp3) is 0.353. The van der Waals surface area contributed by atoms with Crippen LogP contribution < -0.4 is 5.32 Å². The summed E-state index contributed by atoms with van der Waals surface area (Å²) in [5.41, 5.74) is -1.30. The zero-order chi connectivity index (χ0) is 21.9. The van der Waals surface area contributed by atoms with Gasteiger partial charge in [0.1, 0.15) is 17.9 Å². The molecule has 0 aliphatic rings. The van der Waals surface area contributed by atoms with Gasteiger partial charge in [-0.05, 0) is 26.0 Å². The highest BCUT2D eigenvalue weighted by Gasteiger charge is 2.33. The van der Waals surface area contributed by atoms with E-state index in [0.29, 0.717) is 0 Å². The van der Waals surface area contributed by atoms with Crippen molar-refractivity contribution in [3.63, 3.8) is 0 Å². The van der Waals surface area contributed by atoms with Crippen molar-refractivity contribution in [2.75, 3.05) is 18.9 Å². The molecule has 0 saturated carbocycles. The third-order valence-corrected chi connectivity index (χ3v) is 4.12. The van der Waals surface area contributed by atoms with Crippen LogP contribution in [0.4, 0.5) is 24.5 Å². The second-order valence-corrected chi connectivity index (χ2v) is 6.28. The minimum Gasteiger partial charge on any atom is -0.335 e. The zero-order valence-corrected chi connectivity index (χ0v) is 15.8. The van der Waals surface area contributed by atoms with Crippen molar-refractivity contribution in [2.24, 2.45) is 0 Å². The first kappa shape index (κ1) is 21.9. The second kappa shape index (κ2) is 8.29. The van der Waals surface area contributed by atoms with Gasteiger partial charge in [0.2, 0.25) is 11.8 Å². The van der Waals surface area contributed by atoms with Crippen LogP contribution in [0, 0.1) is 24.0 Å². The number of anilines is 1. The van der Waals surface area contributed by atoms with Crippen molar-refractivity contribution >= 4 is 23.2 Å². The minimum absolute atomic E-state index is 0.143. The Kier molecular flexibility index (Phi) is 6.25. The van der Waals surface area contributed by atoms with Crippen LogP contribution in [-0.4, -0.2) is 45.0 Å². The third-order valence-electron chi connectivity index (χ3n) is 4.12. The van der Waals surface area contributed by atoms with Gasteiger partial charge >= 0.3 is 11.9 Å². The van der Waals surface area contributed by atoms with E-state index in [-0.39, 0.29) is 23.6 Å². The molecule has 29 heavy (non-hydrogen) atoms. The summed E-state index contributed by atoms with van der Waals surface area (Å²) in [5.74, 6) is -1.42. The highest BCUT2D eigenvalue weighted by Crippen LogP contribution is 2.34. The van der Waals surface area contributed by atoms with Crippen molar-refractivity contribution in [3.05, 3.63) is 51.3 Å². The van der Waals surface area contributed by atoms with Crippen LogP contribution in [-0.2, 0) is 22.3 Å². The quantitative estimate of drug-likeness (QED) is 0.578. The summed E-state index contributed by atoms with van der Waals surface area (Å²) in [7, 11) is 1.29. The maximum Gasteiger partial charge on any atom is 0.418 e. The molecule has 1 aromatic heterocycles. The number of para-hydroxylation sites is 1. The summed E-state index contributed by atoms with van der Waals surface area (Å²) in [6, 6.07) is 4.48. The first-order valence-electron chi connectivity index (χ1n) is 8.30. The van der Waals surface area contributed by atoms with E-state index in [1.54, 1.807) is 0 Å². The molecule has 1 heterocycles.